The van der Waals surface area contributed by atoms with Crippen molar-refractivity contribution in [2.45, 2.75) is 19.8 Å². The normalized spacial score (nSPS) is 15.0. The van der Waals surface area contributed by atoms with Crippen LogP contribution < -0.4 is 5.32 Å². The predicted molar refractivity (Wildman–Crippen MR) is 99.8 cm³/mol. The van der Waals surface area contributed by atoms with E-state index >= 15 is 0 Å². The maximum atomic E-state index is 13.2. The Morgan fingerprint density at radius 2 is 1.77 bits per heavy atom. The molecule has 1 saturated heterocycles. The zero-order chi connectivity index (χ0) is 18.7. The molecule has 1 aliphatic rings. The van der Waals surface area contributed by atoms with Crippen molar-refractivity contribution in [1.82, 2.24) is 4.90 Å². The minimum Gasteiger partial charge on any atom is -0.339 e. The Kier molecular flexibility index (Phi) is 5.57. The lowest BCUT2D eigenvalue weighted by molar-refractivity contribution is -0.121. The van der Waals surface area contributed by atoms with Crippen LogP contribution in [0.2, 0.25) is 5.02 Å². The summed E-state index contributed by atoms with van der Waals surface area (Å²) in [5, 5.41) is 2.74. The molecule has 0 saturated carbocycles. The second-order valence-corrected chi connectivity index (χ2v) is 6.96. The molecule has 0 unspecified atom stereocenters. The molecule has 0 atom stereocenters. The first-order valence-electron chi connectivity index (χ1n) is 8.56. The van der Waals surface area contributed by atoms with Crippen molar-refractivity contribution in [3.63, 3.8) is 0 Å². The van der Waals surface area contributed by atoms with Crippen LogP contribution in [-0.2, 0) is 4.79 Å². The highest BCUT2D eigenvalue weighted by Crippen LogP contribution is 2.23. The van der Waals surface area contributed by atoms with E-state index in [4.69, 9.17) is 11.6 Å². The van der Waals surface area contributed by atoms with Crippen LogP contribution in [0.15, 0.2) is 42.5 Å². The van der Waals surface area contributed by atoms with Crippen molar-refractivity contribution in [3.05, 3.63) is 64.4 Å². The number of aryl methyl sites for hydroxylation is 1. The molecule has 26 heavy (non-hydrogen) atoms. The highest BCUT2D eigenvalue weighted by Gasteiger charge is 2.28. The number of anilines is 1. The zero-order valence-corrected chi connectivity index (χ0v) is 15.2. The van der Waals surface area contributed by atoms with Gasteiger partial charge in [-0.3, -0.25) is 9.59 Å². The van der Waals surface area contributed by atoms with Crippen molar-refractivity contribution in [3.8, 4) is 0 Å². The lowest BCUT2D eigenvalue weighted by atomic mass is 9.95. The van der Waals surface area contributed by atoms with Gasteiger partial charge >= 0.3 is 0 Å². The molecule has 2 aromatic rings. The highest BCUT2D eigenvalue weighted by molar-refractivity contribution is 6.31. The highest BCUT2D eigenvalue weighted by atomic mass is 35.5. The number of nitrogens with one attached hydrogen (secondary N) is 1. The average molecular weight is 375 g/mol. The number of halogens is 2. The molecule has 6 heteroatoms. The summed E-state index contributed by atoms with van der Waals surface area (Å²) in [6, 6.07) is 11.6. The minimum absolute atomic E-state index is 0.00539. The van der Waals surface area contributed by atoms with Crippen LogP contribution in [0.25, 0.3) is 0 Å². The molecule has 0 bridgehead atoms. The van der Waals surface area contributed by atoms with Crippen LogP contribution in [0.1, 0.15) is 28.8 Å². The molecule has 1 N–H and O–H groups in total. The van der Waals surface area contributed by atoms with E-state index in [1.807, 2.05) is 31.2 Å². The quantitative estimate of drug-likeness (QED) is 0.871. The fraction of sp³-hybridized carbons (Fsp3) is 0.300. The number of carbonyl (C=O) groups is 2. The van der Waals surface area contributed by atoms with E-state index in [0.717, 1.165) is 5.56 Å². The number of amides is 2. The molecule has 4 nitrogen and oxygen atoms in total. The summed E-state index contributed by atoms with van der Waals surface area (Å²) < 4.78 is 13.2. The number of hydrogen-bond donors (Lipinski definition) is 1. The van der Waals surface area contributed by atoms with Crippen LogP contribution in [0.4, 0.5) is 10.1 Å². The lowest BCUT2D eigenvalue weighted by Gasteiger charge is -2.31. The third kappa shape index (κ3) is 4.22. The standard InChI is InChI=1S/C20H20ClFN2O2/c1-13-2-4-15(5-3-13)20(26)24-10-8-14(9-11-24)19(25)23-16-6-7-18(22)17(21)12-16/h2-7,12,14H,8-11H2,1H3,(H,23,25). The third-order valence-corrected chi connectivity index (χ3v) is 4.93. The van der Waals surface area contributed by atoms with Crippen LogP contribution in [0, 0.1) is 18.7 Å². The molecule has 3 rings (SSSR count). The van der Waals surface area contributed by atoms with Gasteiger partial charge in [-0.05, 0) is 50.1 Å². The lowest BCUT2D eigenvalue weighted by Crippen LogP contribution is -2.41. The van der Waals surface area contributed by atoms with Gasteiger partial charge in [-0.25, -0.2) is 4.39 Å². The molecule has 136 valence electrons. The molecule has 2 aromatic carbocycles. The molecule has 2 amide bonds. The Balaban J connectivity index is 1.55. The van der Waals surface area contributed by atoms with Gasteiger partial charge < -0.3 is 10.2 Å². The van der Waals surface area contributed by atoms with Gasteiger partial charge in [0.25, 0.3) is 5.91 Å². The van der Waals surface area contributed by atoms with Gasteiger partial charge in [0.05, 0.1) is 5.02 Å². The monoisotopic (exact) mass is 374 g/mol. The summed E-state index contributed by atoms with van der Waals surface area (Å²) in [5.74, 6) is -0.835. The van der Waals surface area contributed by atoms with Crippen LogP contribution >= 0.6 is 11.6 Å². The number of carbonyl (C=O) groups excluding carboxylic acids is 2. The molecule has 1 heterocycles. The number of hydrogen-bond acceptors (Lipinski definition) is 2. The Bertz CT molecular complexity index is 815. The number of benzene rings is 2. The van der Waals surface area contributed by atoms with Crippen molar-refractivity contribution in [2.24, 2.45) is 5.92 Å². The van der Waals surface area contributed by atoms with Crippen molar-refractivity contribution >= 4 is 29.1 Å². The topological polar surface area (TPSA) is 49.4 Å². The first kappa shape index (κ1) is 18.4. The summed E-state index contributed by atoms with van der Waals surface area (Å²) in [5.41, 5.74) is 2.25. The van der Waals surface area contributed by atoms with Crippen LogP contribution in [0.3, 0.4) is 0 Å². The summed E-state index contributed by atoms with van der Waals surface area (Å²) in [7, 11) is 0. The summed E-state index contributed by atoms with van der Waals surface area (Å²) in [4.78, 5) is 26.7. The molecular formula is C20H20ClFN2O2. The number of nitrogens with zero attached hydrogens (tertiary/aromatic N) is 1. The first-order valence-corrected chi connectivity index (χ1v) is 8.93. The Morgan fingerprint density at radius 1 is 1.12 bits per heavy atom. The Hall–Kier alpha value is -2.40. The van der Waals surface area contributed by atoms with E-state index in [1.165, 1.54) is 18.2 Å². The maximum absolute atomic E-state index is 13.2. The summed E-state index contributed by atoms with van der Waals surface area (Å²) >= 11 is 5.73. The minimum atomic E-state index is -0.521. The van der Waals surface area contributed by atoms with Crippen molar-refractivity contribution in [1.29, 1.82) is 0 Å². The molecule has 0 aromatic heterocycles. The van der Waals surface area contributed by atoms with Gasteiger partial charge in [-0.2, -0.15) is 0 Å². The van der Waals surface area contributed by atoms with Gasteiger partial charge in [0.15, 0.2) is 0 Å². The molecule has 1 aliphatic heterocycles. The molecular weight excluding hydrogens is 355 g/mol. The second kappa shape index (κ2) is 7.87. The Morgan fingerprint density at radius 3 is 2.38 bits per heavy atom. The molecule has 1 fully saturated rings. The van der Waals surface area contributed by atoms with Crippen molar-refractivity contribution < 1.29 is 14.0 Å². The zero-order valence-electron chi connectivity index (χ0n) is 14.5. The van der Waals surface area contributed by atoms with E-state index in [-0.39, 0.29) is 22.8 Å². The van der Waals surface area contributed by atoms with Gasteiger partial charge in [0.2, 0.25) is 5.91 Å². The first-order chi connectivity index (χ1) is 12.4. The van der Waals surface area contributed by atoms with E-state index in [0.29, 0.717) is 37.2 Å². The SMILES string of the molecule is Cc1ccc(C(=O)N2CCC(C(=O)Nc3ccc(F)c(Cl)c3)CC2)cc1. The fourth-order valence-electron chi connectivity index (χ4n) is 3.04. The van der Waals surface area contributed by atoms with Crippen molar-refractivity contribution in [2.75, 3.05) is 18.4 Å². The predicted octanol–water partition coefficient (Wildman–Crippen LogP) is 4.28. The third-order valence-electron chi connectivity index (χ3n) is 4.64. The molecule has 0 radical (unpaired) electrons. The number of likely N-dealkylation sites (tertiary alicyclic amines) is 1. The average Bonchev–Trinajstić information content (AvgIpc) is 2.65. The van der Waals surface area contributed by atoms with E-state index in [1.54, 1.807) is 4.90 Å². The largest absolute Gasteiger partial charge is 0.339 e. The second-order valence-electron chi connectivity index (χ2n) is 6.55. The van der Waals surface area contributed by atoms with Gasteiger partial charge in [-0.15, -0.1) is 0 Å². The van der Waals surface area contributed by atoms with Gasteiger partial charge in [0.1, 0.15) is 5.82 Å². The van der Waals surface area contributed by atoms with Crippen LogP contribution in [-0.4, -0.2) is 29.8 Å². The summed E-state index contributed by atoms with van der Waals surface area (Å²) in [6.45, 7) is 3.05. The number of piperidine rings is 1. The van der Waals surface area contributed by atoms with E-state index < -0.39 is 5.82 Å². The smallest absolute Gasteiger partial charge is 0.253 e. The fourth-order valence-corrected chi connectivity index (χ4v) is 3.22. The Labute approximate surface area is 157 Å². The van der Waals surface area contributed by atoms with Gasteiger partial charge in [-0.1, -0.05) is 29.3 Å². The van der Waals surface area contributed by atoms with E-state index in [9.17, 15) is 14.0 Å². The van der Waals surface area contributed by atoms with E-state index in [2.05, 4.69) is 5.32 Å². The molecule has 0 spiro atoms. The summed E-state index contributed by atoms with van der Waals surface area (Å²) in [6.07, 6.45) is 1.19. The number of rotatable bonds is 3. The van der Waals surface area contributed by atoms with Crippen LogP contribution in [0.5, 0.6) is 0 Å². The van der Waals surface area contributed by atoms with Gasteiger partial charge in [0, 0.05) is 30.3 Å². The maximum Gasteiger partial charge on any atom is 0.253 e. The molecule has 0 aliphatic carbocycles.